The monoisotopic (exact) mass is 312 g/mol. The van der Waals surface area contributed by atoms with Gasteiger partial charge in [-0.15, -0.1) is 0 Å². The van der Waals surface area contributed by atoms with Crippen LogP contribution < -0.4 is 10.6 Å². The van der Waals surface area contributed by atoms with Crippen LogP contribution in [0.3, 0.4) is 0 Å². The summed E-state index contributed by atoms with van der Waals surface area (Å²) in [4.78, 5) is 12.0. The van der Waals surface area contributed by atoms with E-state index in [0.29, 0.717) is 13.2 Å². The molecule has 2 aliphatic carbocycles. The van der Waals surface area contributed by atoms with E-state index in [-0.39, 0.29) is 18.2 Å². The Hall–Kier alpha value is -0.810. The fourth-order valence-corrected chi connectivity index (χ4v) is 3.33. The molecule has 0 radical (unpaired) electrons. The first-order valence-corrected chi connectivity index (χ1v) is 8.90. The van der Waals surface area contributed by atoms with Gasteiger partial charge in [0, 0.05) is 18.7 Å². The van der Waals surface area contributed by atoms with Crippen molar-refractivity contribution in [2.75, 3.05) is 26.4 Å². The predicted octanol–water partition coefficient (Wildman–Crippen LogP) is 2.43. The van der Waals surface area contributed by atoms with Crippen molar-refractivity contribution in [3.63, 3.8) is 0 Å². The Bertz CT molecular complexity index is 345. The molecule has 22 heavy (non-hydrogen) atoms. The molecule has 1 unspecified atom stereocenters. The van der Waals surface area contributed by atoms with Crippen molar-refractivity contribution >= 4 is 6.03 Å². The SMILES string of the molecule is C[C@H]1CC1CC1(NC(=O)NCCCCCOCCO)CCC1. The Morgan fingerprint density at radius 1 is 1.27 bits per heavy atom. The smallest absolute Gasteiger partial charge is 0.315 e. The van der Waals surface area contributed by atoms with E-state index in [1.807, 2.05) is 0 Å². The van der Waals surface area contributed by atoms with Gasteiger partial charge in [-0.25, -0.2) is 4.79 Å². The normalized spacial score (nSPS) is 25.4. The molecule has 0 aromatic heterocycles. The molecule has 0 heterocycles. The Kier molecular flexibility index (Phi) is 6.96. The molecule has 2 amide bonds. The second-order valence-corrected chi connectivity index (χ2v) is 7.09. The number of rotatable bonds is 11. The van der Waals surface area contributed by atoms with Crippen LogP contribution in [0.4, 0.5) is 4.79 Å². The quantitative estimate of drug-likeness (QED) is 0.513. The van der Waals surface area contributed by atoms with Gasteiger partial charge in [0.15, 0.2) is 0 Å². The van der Waals surface area contributed by atoms with Crippen LogP contribution >= 0.6 is 0 Å². The minimum atomic E-state index is 0.00420. The van der Waals surface area contributed by atoms with Gasteiger partial charge in [-0.05, 0) is 63.2 Å². The number of hydrogen-bond acceptors (Lipinski definition) is 3. The van der Waals surface area contributed by atoms with Crippen LogP contribution in [0.2, 0.25) is 0 Å². The van der Waals surface area contributed by atoms with E-state index in [9.17, 15) is 4.79 Å². The van der Waals surface area contributed by atoms with Gasteiger partial charge in [-0.3, -0.25) is 0 Å². The molecule has 0 saturated heterocycles. The van der Waals surface area contributed by atoms with Gasteiger partial charge in [0.2, 0.25) is 0 Å². The number of carbonyl (C=O) groups excluding carboxylic acids is 1. The number of nitrogens with one attached hydrogen (secondary N) is 2. The number of unbranched alkanes of at least 4 members (excludes halogenated alkanes) is 2. The van der Waals surface area contributed by atoms with Crippen LogP contribution in [0, 0.1) is 11.8 Å². The van der Waals surface area contributed by atoms with Gasteiger partial charge in [0.25, 0.3) is 0 Å². The highest BCUT2D eigenvalue weighted by Crippen LogP contribution is 2.48. The van der Waals surface area contributed by atoms with E-state index >= 15 is 0 Å². The Morgan fingerprint density at radius 3 is 2.64 bits per heavy atom. The molecule has 2 atom stereocenters. The standard InChI is InChI=1S/C17H32N2O3/c1-14-12-15(14)13-17(6-5-7-17)19-16(21)18-8-3-2-4-10-22-11-9-20/h14-15,20H,2-13H2,1H3,(H2,18,19,21)/t14-,15?/m0/s1. The van der Waals surface area contributed by atoms with E-state index in [1.54, 1.807) is 0 Å². The van der Waals surface area contributed by atoms with E-state index in [4.69, 9.17) is 9.84 Å². The lowest BCUT2D eigenvalue weighted by atomic mass is 9.73. The fourth-order valence-electron chi connectivity index (χ4n) is 3.33. The lowest BCUT2D eigenvalue weighted by Gasteiger charge is -2.43. The van der Waals surface area contributed by atoms with Gasteiger partial charge < -0.3 is 20.5 Å². The van der Waals surface area contributed by atoms with Gasteiger partial charge in [-0.2, -0.15) is 0 Å². The number of urea groups is 1. The maximum atomic E-state index is 12.0. The highest BCUT2D eigenvalue weighted by molar-refractivity contribution is 5.74. The molecule has 2 fully saturated rings. The summed E-state index contributed by atoms with van der Waals surface area (Å²) in [5, 5.41) is 14.8. The number of amides is 2. The minimum absolute atomic E-state index is 0.00420. The first-order valence-electron chi connectivity index (χ1n) is 8.90. The van der Waals surface area contributed by atoms with Gasteiger partial charge in [-0.1, -0.05) is 6.92 Å². The molecule has 5 nitrogen and oxygen atoms in total. The van der Waals surface area contributed by atoms with Crippen LogP contribution in [0.15, 0.2) is 0 Å². The highest BCUT2D eigenvalue weighted by Gasteiger charge is 2.45. The summed E-state index contributed by atoms with van der Waals surface area (Å²) in [6.07, 6.45) is 9.03. The molecule has 2 saturated carbocycles. The largest absolute Gasteiger partial charge is 0.394 e. The summed E-state index contributed by atoms with van der Waals surface area (Å²) in [7, 11) is 0. The Morgan fingerprint density at radius 2 is 2.05 bits per heavy atom. The summed E-state index contributed by atoms with van der Waals surface area (Å²) >= 11 is 0. The summed E-state index contributed by atoms with van der Waals surface area (Å²) < 4.78 is 5.20. The molecular weight excluding hydrogens is 280 g/mol. The summed E-state index contributed by atoms with van der Waals surface area (Å²) in [6.45, 7) is 4.23. The predicted molar refractivity (Wildman–Crippen MR) is 86.8 cm³/mol. The van der Waals surface area contributed by atoms with Crippen molar-refractivity contribution in [1.29, 1.82) is 0 Å². The van der Waals surface area contributed by atoms with Crippen molar-refractivity contribution in [2.24, 2.45) is 11.8 Å². The molecular formula is C17H32N2O3. The molecule has 128 valence electrons. The first kappa shape index (κ1) is 17.5. The molecule has 0 bridgehead atoms. The van der Waals surface area contributed by atoms with Crippen molar-refractivity contribution in [3.05, 3.63) is 0 Å². The first-order chi connectivity index (χ1) is 10.7. The zero-order valence-electron chi connectivity index (χ0n) is 13.9. The molecule has 5 heteroatoms. The van der Waals surface area contributed by atoms with Crippen LogP contribution in [-0.4, -0.2) is 43.0 Å². The minimum Gasteiger partial charge on any atom is -0.394 e. The van der Waals surface area contributed by atoms with Crippen LogP contribution in [0.25, 0.3) is 0 Å². The van der Waals surface area contributed by atoms with Gasteiger partial charge in [0.1, 0.15) is 0 Å². The topological polar surface area (TPSA) is 70.6 Å². The average Bonchev–Trinajstić information content (AvgIpc) is 3.14. The third-order valence-electron chi connectivity index (χ3n) is 5.11. The second-order valence-electron chi connectivity index (χ2n) is 7.09. The van der Waals surface area contributed by atoms with Crippen LogP contribution in [0.5, 0.6) is 0 Å². The number of hydrogen-bond donors (Lipinski definition) is 3. The molecule has 2 aliphatic rings. The highest BCUT2D eigenvalue weighted by atomic mass is 16.5. The summed E-state index contributed by atoms with van der Waals surface area (Å²) in [6, 6.07) is 0.00420. The zero-order chi connectivity index (χ0) is 15.8. The fraction of sp³-hybridized carbons (Fsp3) is 0.941. The maximum Gasteiger partial charge on any atom is 0.315 e. The van der Waals surface area contributed by atoms with Crippen LogP contribution in [-0.2, 0) is 4.74 Å². The Labute approximate surface area is 134 Å². The van der Waals surface area contributed by atoms with Gasteiger partial charge in [0.05, 0.1) is 13.2 Å². The van der Waals surface area contributed by atoms with Crippen molar-refractivity contribution in [2.45, 2.75) is 63.8 Å². The number of carbonyl (C=O) groups is 1. The molecule has 2 rings (SSSR count). The summed E-state index contributed by atoms with van der Waals surface area (Å²) in [5.41, 5.74) is 0.0949. The Balaban J connectivity index is 1.50. The van der Waals surface area contributed by atoms with E-state index in [2.05, 4.69) is 17.6 Å². The van der Waals surface area contributed by atoms with Gasteiger partial charge >= 0.3 is 6.03 Å². The second kappa shape index (κ2) is 8.73. The molecule has 0 aliphatic heterocycles. The third kappa shape index (κ3) is 5.76. The molecule has 0 aromatic carbocycles. The van der Waals surface area contributed by atoms with E-state index in [1.165, 1.54) is 19.3 Å². The number of aliphatic hydroxyl groups is 1. The van der Waals surface area contributed by atoms with E-state index < -0.39 is 0 Å². The summed E-state index contributed by atoms with van der Waals surface area (Å²) in [5.74, 6) is 1.69. The molecule has 0 spiro atoms. The molecule has 0 aromatic rings. The van der Waals surface area contributed by atoms with Crippen molar-refractivity contribution in [3.8, 4) is 0 Å². The van der Waals surface area contributed by atoms with E-state index in [0.717, 1.165) is 50.5 Å². The van der Waals surface area contributed by atoms with Crippen molar-refractivity contribution in [1.82, 2.24) is 10.6 Å². The lowest BCUT2D eigenvalue weighted by Crippen LogP contribution is -2.56. The average molecular weight is 312 g/mol. The number of ether oxygens (including phenoxy) is 1. The zero-order valence-corrected chi connectivity index (χ0v) is 13.9. The maximum absolute atomic E-state index is 12.0. The third-order valence-corrected chi connectivity index (χ3v) is 5.11. The van der Waals surface area contributed by atoms with Crippen LogP contribution in [0.1, 0.15) is 58.3 Å². The number of aliphatic hydroxyl groups excluding tert-OH is 1. The molecule has 3 N–H and O–H groups in total. The van der Waals surface area contributed by atoms with Crippen molar-refractivity contribution < 1.29 is 14.6 Å². The lowest BCUT2D eigenvalue weighted by molar-refractivity contribution is 0.0896.